The number of anilines is 1. The van der Waals surface area contributed by atoms with Crippen LogP contribution in [0.15, 0.2) is 48.7 Å². The van der Waals surface area contributed by atoms with Gasteiger partial charge in [0.1, 0.15) is 5.82 Å². The van der Waals surface area contributed by atoms with Crippen LogP contribution in [0.5, 0.6) is 0 Å². The summed E-state index contributed by atoms with van der Waals surface area (Å²) in [6.07, 6.45) is 2.75. The van der Waals surface area contributed by atoms with E-state index >= 15 is 0 Å². The molecule has 0 amide bonds. The third-order valence-electron chi connectivity index (χ3n) is 2.30. The van der Waals surface area contributed by atoms with Crippen molar-refractivity contribution >= 4 is 17.4 Å². The van der Waals surface area contributed by atoms with Gasteiger partial charge >= 0.3 is 0 Å². The molecule has 0 saturated heterocycles. The molecular weight excluding hydrogens is 220 g/mol. The van der Waals surface area contributed by atoms with Crippen molar-refractivity contribution < 1.29 is 0 Å². The van der Waals surface area contributed by atoms with Crippen LogP contribution in [0.2, 0.25) is 5.02 Å². The van der Waals surface area contributed by atoms with E-state index in [2.05, 4.69) is 10.3 Å². The number of aromatic nitrogens is 1. The first kappa shape index (κ1) is 11.0. The van der Waals surface area contributed by atoms with Gasteiger partial charge in [-0.1, -0.05) is 29.8 Å². The molecule has 1 N–H and O–H groups in total. The third-order valence-corrected chi connectivity index (χ3v) is 2.55. The summed E-state index contributed by atoms with van der Waals surface area (Å²) >= 11 is 5.82. The maximum absolute atomic E-state index is 5.82. The fraction of sp³-hybridized carbons (Fsp3) is 0.154. The van der Waals surface area contributed by atoms with Crippen molar-refractivity contribution in [3.63, 3.8) is 0 Å². The van der Waals surface area contributed by atoms with E-state index in [1.165, 1.54) is 5.56 Å². The molecule has 0 aliphatic heterocycles. The zero-order valence-corrected chi connectivity index (χ0v) is 9.61. The molecule has 82 valence electrons. The molecule has 0 spiro atoms. The van der Waals surface area contributed by atoms with E-state index in [0.717, 1.165) is 23.8 Å². The first-order valence-electron chi connectivity index (χ1n) is 5.24. The molecule has 2 nitrogen and oxygen atoms in total. The molecule has 0 saturated carbocycles. The van der Waals surface area contributed by atoms with Gasteiger partial charge in [0.25, 0.3) is 0 Å². The number of rotatable bonds is 4. The van der Waals surface area contributed by atoms with Crippen LogP contribution in [0.3, 0.4) is 0 Å². The van der Waals surface area contributed by atoms with E-state index in [0.29, 0.717) is 0 Å². The Balaban J connectivity index is 1.82. The second-order valence-corrected chi connectivity index (χ2v) is 3.95. The largest absolute Gasteiger partial charge is 0.370 e. The SMILES string of the molecule is Clc1ccc(CCNc2ccccn2)cc1. The second-order valence-electron chi connectivity index (χ2n) is 3.52. The van der Waals surface area contributed by atoms with E-state index < -0.39 is 0 Å². The Kier molecular flexibility index (Phi) is 3.78. The van der Waals surface area contributed by atoms with E-state index in [1.807, 2.05) is 42.5 Å². The second kappa shape index (κ2) is 5.52. The lowest BCUT2D eigenvalue weighted by molar-refractivity contribution is 1.01. The molecule has 0 radical (unpaired) electrons. The molecule has 0 unspecified atom stereocenters. The zero-order chi connectivity index (χ0) is 11.2. The van der Waals surface area contributed by atoms with E-state index in [-0.39, 0.29) is 0 Å². The first-order chi connectivity index (χ1) is 7.84. The number of pyridine rings is 1. The van der Waals surface area contributed by atoms with Crippen LogP contribution < -0.4 is 5.32 Å². The molecule has 0 aliphatic carbocycles. The summed E-state index contributed by atoms with van der Waals surface area (Å²) in [5.74, 6) is 0.913. The predicted octanol–water partition coefficient (Wildman–Crippen LogP) is 3.39. The summed E-state index contributed by atoms with van der Waals surface area (Å²) in [6, 6.07) is 13.8. The van der Waals surface area contributed by atoms with Gasteiger partial charge < -0.3 is 5.32 Å². The van der Waals surface area contributed by atoms with Gasteiger partial charge in [-0.3, -0.25) is 0 Å². The average Bonchev–Trinajstić information content (AvgIpc) is 2.33. The Morgan fingerprint density at radius 1 is 1.06 bits per heavy atom. The van der Waals surface area contributed by atoms with Gasteiger partial charge in [0.2, 0.25) is 0 Å². The normalized spacial score (nSPS) is 10.1. The Morgan fingerprint density at radius 3 is 2.56 bits per heavy atom. The number of hydrogen-bond donors (Lipinski definition) is 1. The maximum Gasteiger partial charge on any atom is 0.125 e. The minimum absolute atomic E-state index is 0.779. The van der Waals surface area contributed by atoms with Crippen molar-refractivity contribution in [1.82, 2.24) is 4.98 Å². The third kappa shape index (κ3) is 3.24. The lowest BCUT2D eigenvalue weighted by Gasteiger charge is -2.05. The molecule has 1 heterocycles. The minimum atomic E-state index is 0.779. The van der Waals surface area contributed by atoms with Crippen LogP contribution in [-0.2, 0) is 6.42 Å². The molecule has 0 atom stereocenters. The summed E-state index contributed by atoms with van der Waals surface area (Å²) in [5.41, 5.74) is 1.27. The van der Waals surface area contributed by atoms with Crippen molar-refractivity contribution in [2.75, 3.05) is 11.9 Å². The van der Waals surface area contributed by atoms with Crippen LogP contribution in [0, 0.1) is 0 Å². The Morgan fingerprint density at radius 2 is 1.88 bits per heavy atom. The predicted molar refractivity (Wildman–Crippen MR) is 67.9 cm³/mol. The van der Waals surface area contributed by atoms with Gasteiger partial charge in [-0.05, 0) is 36.2 Å². The highest BCUT2D eigenvalue weighted by Crippen LogP contribution is 2.10. The van der Waals surface area contributed by atoms with E-state index in [9.17, 15) is 0 Å². The molecule has 0 bridgehead atoms. The fourth-order valence-electron chi connectivity index (χ4n) is 1.45. The highest BCUT2D eigenvalue weighted by molar-refractivity contribution is 6.30. The number of benzene rings is 1. The van der Waals surface area contributed by atoms with Crippen LogP contribution in [0.25, 0.3) is 0 Å². The number of halogens is 1. The maximum atomic E-state index is 5.82. The average molecular weight is 233 g/mol. The van der Waals surface area contributed by atoms with Gasteiger partial charge in [-0.25, -0.2) is 4.98 Å². The van der Waals surface area contributed by atoms with E-state index in [1.54, 1.807) is 6.20 Å². The minimum Gasteiger partial charge on any atom is -0.370 e. The lowest BCUT2D eigenvalue weighted by atomic mass is 10.1. The Labute approximate surface area is 100 Å². The van der Waals surface area contributed by atoms with Gasteiger partial charge in [0.05, 0.1) is 0 Å². The van der Waals surface area contributed by atoms with Crippen molar-refractivity contribution in [2.45, 2.75) is 6.42 Å². The Hall–Kier alpha value is -1.54. The van der Waals surface area contributed by atoms with Gasteiger partial charge in [0.15, 0.2) is 0 Å². The summed E-state index contributed by atoms with van der Waals surface area (Å²) in [5, 5.41) is 4.04. The lowest BCUT2D eigenvalue weighted by Crippen LogP contribution is -2.05. The van der Waals surface area contributed by atoms with Crippen LogP contribution in [-0.4, -0.2) is 11.5 Å². The smallest absolute Gasteiger partial charge is 0.125 e. The molecule has 1 aromatic heterocycles. The van der Waals surface area contributed by atoms with Crippen molar-refractivity contribution in [3.05, 3.63) is 59.2 Å². The van der Waals surface area contributed by atoms with E-state index in [4.69, 9.17) is 11.6 Å². The summed E-state index contributed by atoms with van der Waals surface area (Å²) in [4.78, 5) is 4.19. The molecule has 0 fully saturated rings. The summed E-state index contributed by atoms with van der Waals surface area (Å²) in [6.45, 7) is 0.874. The highest BCUT2D eigenvalue weighted by Gasteiger charge is 1.94. The monoisotopic (exact) mass is 232 g/mol. The summed E-state index contributed by atoms with van der Waals surface area (Å²) in [7, 11) is 0. The fourth-order valence-corrected chi connectivity index (χ4v) is 1.58. The number of hydrogen-bond acceptors (Lipinski definition) is 2. The van der Waals surface area contributed by atoms with Crippen LogP contribution >= 0.6 is 11.6 Å². The van der Waals surface area contributed by atoms with Crippen molar-refractivity contribution in [2.24, 2.45) is 0 Å². The molecule has 1 aromatic carbocycles. The van der Waals surface area contributed by atoms with Crippen LogP contribution in [0.1, 0.15) is 5.56 Å². The quantitative estimate of drug-likeness (QED) is 0.874. The first-order valence-corrected chi connectivity index (χ1v) is 5.62. The number of nitrogens with zero attached hydrogens (tertiary/aromatic N) is 1. The summed E-state index contributed by atoms with van der Waals surface area (Å²) < 4.78 is 0. The van der Waals surface area contributed by atoms with Gasteiger partial charge in [-0.2, -0.15) is 0 Å². The number of nitrogens with one attached hydrogen (secondary N) is 1. The molecule has 3 heteroatoms. The molecule has 16 heavy (non-hydrogen) atoms. The highest BCUT2D eigenvalue weighted by atomic mass is 35.5. The molecule has 2 aromatic rings. The topological polar surface area (TPSA) is 24.9 Å². The Bertz CT molecular complexity index is 425. The van der Waals surface area contributed by atoms with Gasteiger partial charge in [-0.15, -0.1) is 0 Å². The van der Waals surface area contributed by atoms with Crippen molar-refractivity contribution in [1.29, 1.82) is 0 Å². The molecule has 2 rings (SSSR count). The van der Waals surface area contributed by atoms with Crippen molar-refractivity contribution in [3.8, 4) is 0 Å². The molecular formula is C13H13ClN2. The van der Waals surface area contributed by atoms with Crippen LogP contribution in [0.4, 0.5) is 5.82 Å². The standard InChI is InChI=1S/C13H13ClN2/c14-12-6-4-11(5-7-12)8-10-16-13-3-1-2-9-15-13/h1-7,9H,8,10H2,(H,15,16). The zero-order valence-electron chi connectivity index (χ0n) is 8.86. The van der Waals surface area contributed by atoms with Gasteiger partial charge in [0, 0.05) is 17.8 Å². The molecule has 0 aliphatic rings.